The molecule has 0 saturated heterocycles. The van der Waals surface area contributed by atoms with Crippen LogP contribution in [0.5, 0.6) is 0 Å². The summed E-state index contributed by atoms with van der Waals surface area (Å²) in [5.74, 6) is -10.2. The Morgan fingerprint density at radius 1 is 1.13 bits per heavy atom. The van der Waals surface area contributed by atoms with E-state index in [4.69, 9.17) is 0 Å². The Morgan fingerprint density at radius 3 is 2.00 bits per heavy atom. The van der Waals surface area contributed by atoms with Gasteiger partial charge < -0.3 is 0 Å². The molecule has 1 unspecified atom stereocenters. The SMILES string of the molecule is CCC(C)c1cc([N+](=O)[O-])cc([N+](=O)[O-])c1C(F)(F)C(C)(F)F. The third-order valence-corrected chi connectivity index (χ3v) is 3.55. The van der Waals surface area contributed by atoms with E-state index < -0.39 is 50.1 Å². The molecule has 0 radical (unpaired) electrons. The van der Waals surface area contributed by atoms with Crippen LogP contribution >= 0.6 is 0 Å². The number of nitro benzene ring substituents is 2. The summed E-state index contributed by atoms with van der Waals surface area (Å²) >= 11 is 0. The van der Waals surface area contributed by atoms with Crippen LogP contribution in [0.4, 0.5) is 28.9 Å². The van der Waals surface area contributed by atoms with Gasteiger partial charge in [0.1, 0.15) is 5.56 Å². The minimum Gasteiger partial charge on any atom is -0.258 e. The third-order valence-electron chi connectivity index (χ3n) is 3.55. The third kappa shape index (κ3) is 3.40. The molecule has 6 nitrogen and oxygen atoms in total. The first-order valence-corrected chi connectivity index (χ1v) is 6.57. The van der Waals surface area contributed by atoms with Gasteiger partial charge in [-0.25, -0.2) is 0 Å². The van der Waals surface area contributed by atoms with Crippen molar-refractivity contribution in [3.8, 4) is 0 Å². The van der Waals surface area contributed by atoms with Crippen molar-refractivity contribution >= 4 is 11.4 Å². The van der Waals surface area contributed by atoms with Crippen molar-refractivity contribution in [3.63, 3.8) is 0 Å². The second kappa shape index (κ2) is 6.09. The largest absolute Gasteiger partial charge is 0.341 e. The van der Waals surface area contributed by atoms with Crippen molar-refractivity contribution in [1.82, 2.24) is 0 Å². The highest BCUT2D eigenvalue weighted by Gasteiger charge is 2.58. The second-order valence-electron chi connectivity index (χ2n) is 5.22. The molecule has 0 N–H and O–H groups in total. The molecule has 0 heterocycles. The standard InChI is InChI=1S/C13H14F4N2O4/c1-4-7(2)9-5-8(18(20)21)6-10(19(22)23)11(9)13(16,17)12(3,14)15/h5-7H,4H2,1-3H3. The van der Waals surface area contributed by atoms with Gasteiger partial charge in [-0.15, -0.1) is 0 Å². The van der Waals surface area contributed by atoms with Gasteiger partial charge in [-0.1, -0.05) is 13.8 Å². The Bertz CT molecular complexity index is 644. The van der Waals surface area contributed by atoms with Crippen LogP contribution in [0.15, 0.2) is 12.1 Å². The number of hydrogen-bond donors (Lipinski definition) is 0. The second-order valence-corrected chi connectivity index (χ2v) is 5.22. The molecule has 1 aromatic rings. The Kier molecular flexibility index (Phi) is 4.97. The average Bonchev–Trinajstić information content (AvgIpc) is 2.43. The van der Waals surface area contributed by atoms with Gasteiger partial charge in [0.05, 0.1) is 15.9 Å². The lowest BCUT2D eigenvalue weighted by Gasteiger charge is -2.26. The normalized spacial score (nSPS) is 13.7. The fraction of sp³-hybridized carbons (Fsp3) is 0.538. The molecular formula is C13H14F4N2O4. The maximum absolute atomic E-state index is 14.1. The van der Waals surface area contributed by atoms with Crippen LogP contribution < -0.4 is 0 Å². The molecule has 0 aliphatic heterocycles. The topological polar surface area (TPSA) is 86.3 Å². The zero-order valence-corrected chi connectivity index (χ0v) is 12.5. The van der Waals surface area contributed by atoms with E-state index in [1.165, 1.54) is 6.92 Å². The van der Waals surface area contributed by atoms with Gasteiger partial charge in [-0.3, -0.25) is 20.2 Å². The Balaban J connectivity index is 3.91. The summed E-state index contributed by atoms with van der Waals surface area (Å²) < 4.78 is 55.0. The first kappa shape index (κ1) is 18.8. The fourth-order valence-electron chi connectivity index (χ4n) is 2.05. The molecule has 0 amide bonds. The molecule has 0 saturated carbocycles. The maximum Gasteiger partial charge on any atom is 0.341 e. The summed E-state index contributed by atoms with van der Waals surface area (Å²) in [6, 6.07) is 0.969. The van der Waals surface area contributed by atoms with E-state index in [1.807, 2.05) is 0 Å². The van der Waals surface area contributed by atoms with E-state index in [-0.39, 0.29) is 19.4 Å². The number of halogens is 4. The van der Waals surface area contributed by atoms with Gasteiger partial charge in [0.15, 0.2) is 0 Å². The van der Waals surface area contributed by atoms with Gasteiger partial charge in [0.2, 0.25) is 0 Å². The van der Waals surface area contributed by atoms with E-state index in [2.05, 4.69) is 0 Å². The monoisotopic (exact) mass is 338 g/mol. The number of benzene rings is 1. The molecule has 1 rings (SSSR count). The van der Waals surface area contributed by atoms with E-state index in [9.17, 15) is 37.8 Å². The van der Waals surface area contributed by atoms with E-state index in [1.54, 1.807) is 6.92 Å². The number of nitro groups is 2. The molecule has 0 aromatic heterocycles. The first-order valence-electron chi connectivity index (χ1n) is 6.57. The maximum atomic E-state index is 14.1. The number of alkyl halides is 4. The predicted octanol–water partition coefficient (Wildman–Crippen LogP) is 4.76. The Morgan fingerprint density at radius 2 is 1.65 bits per heavy atom. The molecule has 0 bridgehead atoms. The van der Waals surface area contributed by atoms with Crippen LogP contribution in [0, 0.1) is 20.2 Å². The Labute approximate surface area is 128 Å². The van der Waals surface area contributed by atoms with E-state index in [0.29, 0.717) is 6.07 Å². The van der Waals surface area contributed by atoms with Crippen LogP contribution in [0.2, 0.25) is 0 Å². The highest BCUT2D eigenvalue weighted by atomic mass is 19.3. The lowest BCUT2D eigenvalue weighted by Crippen LogP contribution is -2.36. The molecule has 0 spiro atoms. The predicted molar refractivity (Wildman–Crippen MR) is 73.0 cm³/mol. The van der Waals surface area contributed by atoms with Gasteiger partial charge >= 0.3 is 11.8 Å². The molecule has 23 heavy (non-hydrogen) atoms. The highest BCUT2D eigenvalue weighted by molar-refractivity contribution is 5.57. The van der Waals surface area contributed by atoms with E-state index in [0.717, 1.165) is 0 Å². The summed E-state index contributed by atoms with van der Waals surface area (Å²) in [6.45, 7) is 2.86. The molecular weight excluding hydrogens is 324 g/mol. The highest BCUT2D eigenvalue weighted by Crippen LogP contribution is 2.50. The van der Waals surface area contributed by atoms with Crippen molar-refractivity contribution in [2.45, 2.75) is 45.0 Å². The Hall–Kier alpha value is -2.26. The fourth-order valence-corrected chi connectivity index (χ4v) is 2.05. The molecule has 128 valence electrons. The van der Waals surface area contributed by atoms with Gasteiger partial charge in [0, 0.05) is 13.0 Å². The number of hydrogen-bond acceptors (Lipinski definition) is 4. The van der Waals surface area contributed by atoms with Gasteiger partial charge in [-0.05, 0) is 17.9 Å². The molecule has 0 aliphatic carbocycles. The summed E-state index contributed by atoms with van der Waals surface area (Å²) in [5.41, 5.74) is -4.19. The first-order chi connectivity index (χ1) is 10.3. The average molecular weight is 338 g/mol. The number of nitrogens with zero attached hydrogens (tertiary/aromatic N) is 2. The zero-order chi connectivity index (χ0) is 18.2. The zero-order valence-electron chi connectivity index (χ0n) is 12.5. The van der Waals surface area contributed by atoms with Crippen LogP contribution in [-0.2, 0) is 5.92 Å². The molecule has 1 atom stereocenters. The minimum atomic E-state index is -4.84. The van der Waals surface area contributed by atoms with Gasteiger partial charge in [-0.2, -0.15) is 17.6 Å². The summed E-state index contributed by atoms with van der Waals surface area (Å²) in [5, 5.41) is 21.9. The molecule has 0 aliphatic rings. The van der Waals surface area contributed by atoms with Crippen LogP contribution in [-0.4, -0.2) is 15.8 Å². The van der Waals surface area contributed by atoms with Crippen molar-refractivity contribution < 1.29 is 27.4 Å². The number of rotatable bonds is 6. The minimum absolute atomic E-state index is 0.0570. The van der Waals surface area contributed by atoms with Crippen LogP contribution in [0.3, 0.4) is 0 Å². The summed E-state index contributed by atoms with van der Waals surface area (Å²) in [4.78, 5) is 19.6. The lowest BCUT2D eigenvalue weighted by atomic mass is 9.87. The van der Waals surface area contributed by atoms with Crippen LogP contribution in [0.25, 0.3) is 0 Å². The molecule has 1 aromatic carbocycles. The smallest absolute Gasteiger partial charge is 0.258 e. The number of non-ortho nitro benzene ring substituents is 1. The quantitative estimate of drug-likeness (QED) is 0.425. The van der Waals surface area contributed by atoms with Crippen molar-refractivity contribution in [2.75, 3.05) is 0 Å². The molecule has 0 fully saturated rings. The van der Waals surface area contributed by atoms with Crippen molar-refractivity contribution in [3.05, 3.63) is 43.5 Å². The summed E-state index contributed by atoms with van der Waals surface area (Å²) in [7, 11) is 0. The van der Waals surface area contributed by atoms with Crippen molar-refractivity contribution in [1.29, 1.82) is 0 Å². The summed E-state index contributed by atoms with van der Waals surface area (Å²) in [6.07, 6.45) is 0.177. The van der Waals surface area contributed by atoms with Gasteiger partial charge in [0.25, 0.3) is 11.4 Å². The lowest BCUT2D eigenvalue weighted by molar-refractivity contribution is -0.396. The van der Waals surface area contributed by atoms with E-state index >= 15 is 0 Å². The van der Waals surface area contributed by atoms with Crippen LogP contribution in [0.1, 0.15) is 44.2 Å². The molecule has 10 heteroatoms. The van der Waals surface area contributed by atoms with Crippen molar-refractivity contribution in [2.24, 2.45) is 0 Å².